The number of aryl methyl sites for hydroxylation is 1. The van der Waals surface area contributed by atoms with Gasteiger partial charge < -0.3 is 34.6 Å². The summed E-state index contributed by atoms with van der Waals surface area (Å²) in [7, 11) is -1.89. The van der Waals surface area contributed by atoms with Gasteiger partial charge >= 0.3 is 14.2 Å². The van der Waals surface area contributed by atoms with Crippen LogP contribution in [0.25, 0.3) is 0 Å². The number of hydrogen-bond donors (Lipinski definition) is 3. The second kappa shape index (κ2) is 13.7. The fourth-order valence-electron chi connectivity index (χ4n) is 5.13. The van der Waals surface area contributed by atoms with Gasteiger partial charge in [-0.15, -0.1) is 0 Å². The lowest BCUT2D eigenvalue weighted by Crippen LogP contribution is -2.30. The molecule has 4 N–H and O–H groups in total. The van der Waals surface area contributed by atoms with Crippen molar-refractivity contribution in [3.05, 3.63) is 106 Å². The van der Waals surface area contributed by atoms with E-state index in [0.29, 0.717) is 47.7 Å². The van der Waals surface area contributed by atoms with Crippen LogP contribution >= 0.6 is 0 Å². The Morgan fingerprint density at radius 1 is 0.721 bits per heavy atom. The fraction of sp³-hybridized carbons (Fsp3) is 0.250. The van der Waals surface area contributed by atoms with Crippen LogP contribution < -0.4 is 26.1 Å². The Kier molecular flexibility index (Phi) is 10.3. The van der Waals surface area contributed by atoms with Gasteiger partial charge in [-0.1, -0.05) is 50.7 Å². The topological polar surface area (TPSA) is 103 Å². The zero-order valence-electron chi connectivity index (χ0n) is 23.6. The van der Waals surface area contributed by atoms with Gasteiger partial charge in [0, 0.05) is 12.1 Å². The van der Waals surface area contributed by atoms with Crippen LogP contribution in [0, 0.1) is 25.5 Å². The normalized spacial score (nSPS) is 13.1. The lowest BCUT2D eigenvalue weighted by Gasteiger charge is -2.13. The molecule has 4 aromatic carbocycles. The summed E-state index contributed by atoms with van der Waals surface area (Å²) in [5.74, 6) is 0.547. The van der Waals surface area contributed by atoms with Crippen LogP contribution in [0.1, 0.15) is 47.7 Å². The standard InChI is InChI=1S/C16H16BFO3.C15H15BFNO3.CH4/c1-3-11-5-4-6-14(16(11)18)21-13-8-7-12-9-20-17(19)15(12)10(13)2;1-9-12(6-5-11-8-20-16(19)14(9)11)21-13-4-2-3-10(7-18)15(13)17;/h4-8,19H,3,9H2,1-2H3;2-6,19H,7-8,18H2,1H3;1H4. The summed E-state index contributed by atoms with van der Waals surface area (Å²) in [5, 5.41) is 19.7. The van der Waals surface area contributed by atoms with E-state index in [1.165, 1.54) is 0 Å². The van der Waals surface area contributed by atoms with Crippen LogP contribution in [0.2, 0.25) is 0 Å². The van der Waals surface area contributed by atoms with E-state index in [9.17, 15) is 18.8 Å². The molecule has 0 atom stereocenters. The van der Waals surface area contributed by atoms with Gasteiger partial charge in [0.05, 0.1) is 13.2 Å². The molecule has 0 saturated carbocycles. The third-order valence-corrected chi connectivity index (χ3v) is 7.53. The number of rotatable bonds is 6. The van der Waals surface area contributed by atoms with Gasteiger partial charge in [0.15, 0.2) is 23.1 Å². The summed E-state index contributed by atoms with van der Waals surface area (Å²) in [6, 6.07) is 17.2. The highest BCUT2D eigenvalue weighted by Crippen LogP contribution is 2.31. The van der Waals surface area contributed by atoms with Crippen molar-refractivity contribution in [3.8, 4) is 23.0 Å². The molecule has 43 heavy (non-hydrogen) atoms. The van der Waals surface area contributed by atoms with E-state index in [1.807, 2.05) is 32.9 Å². The highest BCUT2D eigenvalue weighted by molar-refractivity contribution is 6.62. The van der Waals surface area contributed by atoms with Crippen molar-refractivity contribution in [2.75, 3.05) is 0 Å². The van der Waals surface area contributed by atoms with Crippen molar-refractivity contribution in [1.29, 1.82) is 0 Å². The third kappa shape index (κ3) is 6.46. The molecule has 0 saturated heterocycles. The van der Waals surface area contributed by atoms with E-state index in [2.05, 4.69) is 0 Å². The molecule has 11 heteroatoms. The Morgan fingerprint density at radius 2 is 1.16 bits per heavy atom. The summed E-state index contributed by atoms with van der Waals surface area (Å²) >= 11 is 0. The summed E-state index contributed by atoms with van der Waals surface area (Å²) in [6.07, 6.45) is 0.610. The molecule has 2 aliphatic heterocycles. The summed E-state index contributed by atoms with van der Waals surface area (Å²) in [4.78, 5) is 0. The van der Waals surface area contributed by atoms with Gasteiger partial charge in [-0.2, -0.15) is 0 Å². The van der Waals surface area contributed by atoms with Crippen molar-refractivity contribution in [2.24, 2.45) is 5.73 Å². The van der Waals surface area contributed by atoms with Crippen LogP contribution in [0.15, 0.2) is 60.7 Å². The fourth-order valence-corrected chi connectivity index (χ4v) is 5.13. The predicted molar refractivity (Wildman–Crippen MR) is 164 cm³/mol. The number of benzene rings is 4. The van der Waals surface area contributed by atoms with Gasteiger partial charge in [0.2, 0.25) is 0 Å². The van der Waals surface area contributed by atoms with Crippen molar-refractivity contribution in [3.63, 3.8) is 0 Å². The average molecular weight is 589 g/mol. The first-order valence-electron chi connectivity index (χ1n) is 13.7. The summed E-state index contributed by atoms with van der Waals surface area (Å²) in [6.45, 7) is 6.42. The summed E-state index contributed by atoms with van der Waals surface area (Å²) < 4.78 is 50.2. The maximum absolute atomic E-state index is 14.2. The minimum Gasteiger partial charge on any atom is -0.454 e. The van der Waals surface area contributed by atoms with Crippen LogP contribution in [-0.4, -0.2) is 24.3 Å². The molecule has 6 rings (SSSR count). The van der Waals surface area contributed by atoms with Crippen molar-refractivity contribution in [2.45, 2.75) is 54.4 Å². The maximum Gasteiger partial charge on any atom is 0.492 e. The Balaban J connectivity index is 0.000000192. The second-order valence-corrected chi connectivity index (χ2v) is 10.1. The molecule has 0 aromatic heterocycles. The van der Waals surface area contributed by atoms with Crippen LogP contribution in [0.3, 0.4) is 0 Å². The second-order valence-electron chi connectivity index (χ2n) is 10.1. The molecular weight excluding hydrogens is 554 g/mol. The molecule has 0 unspecified atom stereocenters. The molecule has 0 fully saturated rings. The average Bonchev–Trinajstić information content (AvgIpc) is 3.56. The Morgan fingerprint density at radius 3 is 1.60 bits per heavy atom. The van der Waals surface area contributed by atoms with E-state index in [1.54, 1.807) is 48.5 Å². The lowest BCUT2D eigenvalue weighted by molar-refractivity contribution is 0.275. The zero-order valence-corrected chi connectivity index (χ0v) is 23.6. The van der Waals surface area contributed by atoms with E-state index in [4.69, 9.17) is 24.5 Å². The Hall–Kier alpha value is -3.73. The Labute approximate surface area is 251 Å². The molecule has 0 aliphatic carbocycles. The predicted octanol–water partition coefficient (Wildman–Crippen LogP) is 4.95. The molecule has 2 heterocycles. The highest BCUT2D eigenvalue weighted by atomic mass is 19.1. The van der Waals surface area contributed by atoms with E-state index >= 15 is 0 Å². The largest absolute Gasteiger partial charge is 0.492 e. The van der Waals surface area contributed by atoms with E-state index in [0.717, 1.165) is 27.7 Å². The van der Waals surface area contributed by atoms with Gasteiger partial charge in [0.25, 0.3) is 0 Å². The Bertz CT molecular complexity index is 1500. The van der Waals surface area contributed by atoms with Gasteiger partial charge in [-0.25, -0.2) is 8.78 Å². The molecule has 4 aromatic rings. The zero-order chi connectivity index (χ0) is 30.0. The lowest BCUT2D eigenvalue weighted by atomic mass is 9.76. The number of nitrogens with two attached hydrogens (primary N) is 1. The minimum atomic E-state index is -0.955. The molecule has 0 bridgehead atoms. The molecular formula is C32H35B2F2NO6. The number of ether oxygens (including phenoxy) is 2. The first-order chi connectivity index (χ1) is 20.2. The molecule has 224 valence electrons. The van der Waals surface area contributed by atoms with Crippen molar-refractivity contribution >= 4 is 25.2 Å². The summed E-state index contributed by atoms with van der Waals surface area (Å²) in [5.41, 5.74) is 11.3. The molecule has 7 nitrogen and oxygen atoms in total. The SMILES string of the molecule is C.CCc1cccc(Oc2ccc3c(c2C)B(O)OC3)c1F.Cc1c(Oc2cccc(CN)c2F)ccc2c1B(O)OC2. The van der Waals surface area contributed by atoms with Crippen molar-refractivity contribution < 1.29 is 37.6 Å². The minimum absolute atomic E-state index is 0. The first kappa shape index (κ1) is 32.2. The van der Waals surface area contributed by atoms with E-state index < -0.39 is 20.1 Å². The molecule has 0 amide bonds. The first-order valence-corrected chi connectivity index (χ1v) is 13.7. The highest BCUT2D eigenvalue weighted by Gasteiger charge is 2.31. The molecule has 2 aliphatic rings. The number of halogens is 2. The maximum atomic E-state index is 14.2. The quantitative estimate of drug-likeness (QED) is 0.274. The van der Waals surface area contributed by atoms with Gasteiger partial charge in [0.1, 0.15) is 11.5 Å². The monoisotopic (exact) mass is 589 g/mol. The van der Waals surface area contributed by atoms with Gasteiger partial charge in [-0.3, -0.25) is 0 Å². The van der Waals surface area contributed by atoms with Crippen LogP contribution in [-0.2, 0) is 35.5 Å². The van der Waals surface area contributed by atoms with E-state index in [-0.39, 0.29) is 31.3 Å². The third-order valence-electron chi connectivity index (χ3n) is 7.53. The molecule has 0 spiro atoms. The smallest absolute Gasteiger partial charge is 0.454 e. The van der Waals surface area contributed by atoms with Crippen molar-refractivity contribution in [1.82, 2.24) is 0 Å². The van der Waals surface area contributed by atoms with Gasteiger partial charge in [-0.05, 0) is 83.3 Å². The van der Waals surface area contributed by atoms with Crippen LogP contribution in [0.5, 0.6) is 23.0 Å². The number of fused-ring (bicyclic) bond motifs is 2. The number of hydrogen-bond acceptors (Lipinski definition) is 7. The van der Waals surface area contributed by atoms with Crippen LogP contribution in [0.4, 0.5) is 8.78 Å². The molecule has 0 radical (unpaired) electrons.